The van der Waals surface area contributed by atoms with Crippen molar-refractivity contribution in [2.45, 2.75) is 6.92 Å². The van der Waals surface area contributed by atoms with E-state index in [0.29, 0.717) is 0 Å². The summed E-state index contributed by atoms with van der Waals surface area (Å²) < 4.78 is 5.63. The van der Waals surface area contributed by atoms with Gasteiger partial charge in [-0.3, -0.25) is 9.89 Å². The van der Waals surface area contributed by atoms with Crippen LogP contribution in [0.5, 0.6) is 0 Å². The lowest BCUT2D eigenvalue weighted by Crippen LogP contribution is -2.23. The topological polar surface area (TPSA) is 114 Å². The van der Waals surface area contributed by atoms with Crippen LogP contribution >= 0.6 is 0 Å². The highest BCUT2D eigenvalue weighted by molar-refractivity contribution is 5.89. The third kappa shape index (κ3) is 1.83. The van der Waals surface area contributed by atoms with Crippen LogP contribution in [0.15, 0.2) is 17.1 Å². The molecule has 2 heterocycles. The summed E-state index contributed by atoms with van der Waals surface area (Å²) in [4.78, 5) is 37.7. The van der Waals surface area contributed by atoms with Crippen LogP contribution in [0.25, 0.3) is 5.65 Å². The van der Waals surface area contributed by atoms with Crippen LogP contribution in [0.4, 0.5) is 0 Å². The van der Waals surface area contributed by atoms with Crippen LogP contribution in [-0.4, -0.2) is 38.3 Å². The largest absolute Gasteiger partial charge is 0.477 e. The smallest absolute Gasteiger partial charge is 0.356 e. The van der Waals surface area contributed by atoms with E-state index in [9.17, 15) is 14.4 Å². The van der Waals surface area contributed by atoms with Crippen molar-refractivity contribution in [3.05, 3.63) is 33.9 Å². The molecule has 94 valence electrons. The average molecular weight is 251 g/mol. The fraction of sp³-hybridized carbons (Fsp3) is 0.200. The first-order chi connectivity index (χ1) is 8.54. The zero-order valence-corrected chi connectivity index (χ0v) is 9.34. The molecular formula is C10H9N3O5. The minimum atomic E-state index is -1.38. The maximum Gasteiger partial charge on any atom is 0.356 e. The number of carbonyl (C=O) groups is 2. The monoisotopic (exact) mass is 251 g/mol. The van der Waals surface area contributed by atoms with Crippen molar-refractivity contribution in [1.29, 1.82) is 0 Å². The van der Waals surface area contributed by atoms with E-state index in [1.165, 1.54) is 6.07 Å². The summed E-state index contributed by atoms with van der Waals surface area (Å²) in [6, 6.07) is 1.31. The predicted octanol–water partition coefficient (Wildman–Crippen LogP) is -0.103. The van der Waals surface area contributed by atoms with Gasteiger partial charge in [0.25, 0.3) is 5.56 Å². The Morgan fingerprint density at radius 2 is 2.28 bits per heavy atom. The number of aromatic carboxylic acids is 1. The fourth-order valence-corrected chi connectivity index (χ4v) is 1.42. The molecule has 2 aromatic rings. The normalized spacial score (nSPS) is 10.5. The number of hydrogen-bond acceptors (Lipinski definition) is 5. The molecule has 8 nitrogen and oxygen atoms in total. The van der Waals surface area contributed by atoms with E-state index >= 15 is 0 Å². The lowest BCUT2D eigenvalue weighted by molar-refractivity contribution is 0.0518. The third-order valence-electron chi connectivity index (χ3n) is 2.22. The SMILES string of the molecule is CCOC(=O)c1cc2ncc(C(=O)O)c(=O)n2[nH]1. The summed E-state index contributed by atoms with van der Waals surface area (Å²) in [7, 11) is 0. The fourth-order valence-electron chi connectivity index (χ4n) is 1.42. The van der Waals surface area contributed by atoms with Crippen molar-refractivity contribution in [1.82, 2.24) is 14.6 Å². The molecule has 0 aliphatic carbocycles. The summed E-state index contributed by atoms with van der Waals surface area (Å²) in [6.07, 6.45) is 0.947. The zero-order chi connectivity index (χ0) is 13.3. The van der Waals surface area contributed by atoms with Crippen LogP contribution in [-0.2, 0) is 4.74 Å². The number of esters is 1. The molecule has 2 N–H and O–H groups in total. The van der Waals surface area contributed by atoms with E-state index < -0.39 is 23.1 Å². The number of carboxylic acids is 1. The molecule has 0 radical (unpaired) electrons. The van der Waals surface area contributed by atoms with Gasteiger partial charge < -0.3 is 9.84 Å². The Hall–Kier alpha value is -2.64. The van der Waals surface area contributed by atoms with Crippen LogP contribution < -0.4 is 5.56 Å². The lowest BCUT2D eigenvalue weighted by atomic mass is 10.3. The van der Waals surface area contributed by atoms with Crippen LogP contribution in [0, 0.1) is 0 Å². The lowest BCUT2D eigenvalue weighted by Gasteiger charge is -1.97. The highest BCUT2D eigenvalue weighted by Crippen LogP contribution is 2.03. The van der Waals surface area contributed by atoms with Crippen molar-refractivity contribution >= 4 is 17.6 Å². The van der Waals surface area contributed by atoms with Crippen molar-refractivity contribution in [2.24, 2.45) is 0 Å². The number of nitrogens with one attached hydrogen (secondary N) is 1. The second kappa shape index (κ2) is 4.32. The zero-order valence-electron chi connectivity index (χ0n) is 9.34. The van der Waals surface area contributed by atoms with Gasteiger partial charge in [-0.2, -0.15) is 0 Å². The van der Waals surface area contributed by atoms with E-state index in [4.69, 9.17) is 9.84 Å². The third-order valence-corrected chi connectivity index (χ3v) is 2.22. The van der Waals surface area contributed by atoms with Crippen molar-refractivity contribution in [2.75, 3.05) is 6.61 Å². The van der Waals surface area contributed by atoms with E-state index in [1.54, 1.807) is 6.92 Å². The van der Waals surface area contributed by atoms with E-state index in [0.717, 1.165) is 10.7 Å². The summed E-state index contributed by atoms with van der Waals surface area (Å²) >= 11 is 0. The minimum Gasteiger partial charge on any atom is -0.477 e. The standard InChI is InChI=1S/C10H9N3O5/c1-2-18-10(17)6-3-7-11-4-5(9(15)16)8(14)13(7)12-6/h3-4,12H,2H2,1H3,(H,15,16). The van der Waals surface area contributed by atoms with Gasteiger partial charge in [0.05, 0.1) is 6.61 Å². The molecular weight excluding hydrogens is 242 g/mol. The number of ether oxygens (including phenoxy) is 1. The maximum atomic E-state index is 11.7. The number of H-pyrrole nitrogens is 1. The van der Waals surface area contributed by atoms with Crippen LogP contribution in [0.3, 0.4) is 0 Å². The van der Waals surface area contributed by atoms with Gasteiger partial charge >= 0.3 is 11.9 Å². The first-order valence-corrected chi connectivity index (χ1v) is 5.05. The Morgan fingerprint density at radius 1 is 1.56 bits per heavy atom. The Morgan fingerprint density at radius 3 is 2.89 bits per heavy atom. The molecule has 2 aromatic heterocycles. The molecule has 0 aliphatic rings. The maximum absolute atomic E-state index is 11.7. The Balaban J connectivity index is 2.59. The van der Waals surface area contributed by atoms with Gasteiger partial charge in [-0.05, 0) is 6.92 Å². The molecule has 2 rings (SSSR count). The minimum absolute atomic E-state index is 0.0315. The van der Waals surface area contributed by atoms with E-state index in [1.807, 2.05) is 0 Å². The van der Waals surface area contributed by atoms with Gasteiger partial charge in [-0.15, -0.1) is 0 Å². The van der Waals surface area contributed by atoms with Crippen LogP contribution in [0.2, 0.25) is 0 Å². The first kappa shape index (κ1) is 11.8. The summed E-state index contributed by atoms with van der Waals surface area (Å²) in [5.74, 6) is -2.02. The van der Waals surface area contributed by atoms with Gasteiger partial charge in [-0.1, -0.05) is 0 Å². The van der Waals surface area contributed by atoms with Gasteiger partial charge in [0.1, 0.15) is 11.3 Å². The van der Waals surface area contributed by atoms with Gasteiger partial charge in [0.15, 0.2) is 5.65 Å². The summed E-state index contributed by atoms with van der Waals surface area (Å²) in [5.41, 5.74) is -1.09. The molecule has 0 bridgehead atoms. The molecule has 0 aliphatic heterocycles. The second-order valence-electron chi connectivity index (χ2n) is 3.37. The Kier molecular flexibility index (Phi) is 2.84. The number of rotatable bonds is 3. The quantitative estimate of drug-likeness (QED) is 0.736. The number of aromatic nitrogens is 3. The summed E-state index contributed by atoms with van der Waals surface area (Å²) in [5, 5.41) is 11.2. The second-order valence-corrected chi connectivity index (χ2v) is 3.37. The summed E-state index contributed by atoms with van der Waals surface area (Å²) in [6.45, 7) is 1.84. The molecule has 0 saturated heterocycles. The predicted molar refractivity (Wildman–Crippen MR) is 58.7 cm³/mol. The number of nitrogens with zero attached hydrogens (tertiary/aromatic N) is 2. The average Bonchev–Trinajstić information content (AvgIpc) is 2.74. The van der Waals surface area contributed by atoms with E-state index in [-0.39, 0.29) is 17.9 Å². The first-order valence-electron chi connectivity index (χ1n) is 5.05. The Labute approximate surface area is 99.8 Å². The van der Waals surface area contributed by atoms with Gasteiger partial charge in [0, 0.05) is 12.3 Å². The van der Waals surface area contributed by atoms with Crippen molar-refractivity contribution < 1.29 is 19.4 Å². The molecule has 18 heavy (non-hydrogen) atoms. The highest BCUT2D eigenvalue weighted by atomic mass is 16.5. The van der Waals surface area contributed by atoms with Crippen molar-refractivity contribution in [3.8, 4) is 0 Å². The highest BCUT2D eigenvalue weighted by Gasteiger charge is 2.16. The number of carboxylic acid groups (broad SMARTS) is 1. The van der Waals surface area contributed by atoms with Crippen LogP contribution in [0.1, 0.15) is 27.8 Å². The molecule has 0 fully saturated rings. The van der Waals surface area contributed by atoms with E-state index in [2.05, 4.69) is 10.1 Å². The van der Waals surface area contributed by atoms with Gasteiger partial charge in [-0.25, -0.2) is 19.1 Å². The molecule has 0 aromatic carbocycles. The number of hydrogen-bond donors (Lipinski definition) is 2. The number of aromatic amines is 1. The Bertz CT molecular complexity index is 684. The van der Waals surface area contributed by atoms with Crippen molar-refractivity contribution in [3.63, 3.8) is 0 Å². The molecule has 0 unspecified atom stereocenters. The molecule has 0 spiro atoms. The molecule has 0 amide bonds. The molecule has 0 saturated carbocycles. The van der Waals surface area contributed by atoms with Gasteiger partial charge in [0.2, 0.25) is 0 Å². The molecule has 0 atom stereocenters. The molecule has 8 heteroatoms. The number of fused-ring (bicyclic) bond motifs is 1. The number of carbonyl (C=O) groups excluding carboxylic acids is 1.